The Morgan fingerprint density at radius 3 is 2.52 bits per heavy atom. The normalized spacial score (nSPS) is 27.3. The highest BCUT2D eigenvalue weighted by atomic mass is 16.3. The van der Waals surface area contributed by atoms with E-state index in [4.69, 9.17) is 10.4 Å². The van der Waals surface area contributed by atoms with Gasteiger partial charge in [-0.25, -0.2) is 4.79 Å². The fraction of sp³-hybridized carbons (Fsp3) is 0.889. The van der Waals surface area contributed by atoms with Gasteiger partial charge in [-0.2, -0.15) is 5.26 Å². The molecule has 0 aromatic carbocycles. The van der Waals surface area contributed by atoms with Crippen molar-refractivity contribution < 1.29 is 9.90 Å². The Hall–Kier alpha value is -1.28. The Bertz CT molecular complexity index is 420. The summed E-state index contributed by atoms with van der Waals surface area (Å²) in [7, 11) is 0. The Morgan fingerprint density at radius 2 is 2.00 bits per heavy atom. The van der Waals surface area contributed by atoms with Crippen LogP contribution in [0.15, 0.2) is 0 Å². The standard InChI is InChI=1S/C18H31N3O2/c1-14(7-10-22)18(8-2-9-18)13-21-17(23)20-12-16-5-3-15(11-19)4-6-16/h14-16,22H,2-10,12-13H2,1H3,(H2,20,21,23)/t14-,15?,16?/m1/s1. The van der Waals surface area contributed by atoms with Gasteiger partial charge in [0.2, 0.25) is 0 Å². The molecule has 23 heavy (non-hydrogen) atoms. The van der Waals surface area contributed by atoms with Gasteiger partial charge in [0.25, 0.3) is 0 Å². The average molecular weight is 321 g/mol. The third-order valence-electron chi connectivity index (χ3n) is 6.14. The van der Waals surface area contributed by atoms with Crippen LogP contribution < -0.4 is 10.6 Å². The molecule has 2 amide bonds. The number of hydrogen-bond acceptors (Lipinski definition) is 3. The molecule has 5 nitrogen and oxygen atoms in total. The first-order chi connectivity index (χ1) is 11.1. The molecule has 0 unspecified atom stereocenters. The van der Waals surface area contributed by atoms with Crippen molar-refractivity contribution in [2.24, 2.45) is 23.2 Å². The number of urea groups is 1. The first kappa shape index (κ1) is 18.1. The molecule has 0 aromatic heterocycles. The summed E-state index contributed by atoms with van der Waals surface area (Å²) in [6.07, 6.45) is 8.33. The molecule has 2 aliphatic rings. The second kappa shape index (κ2) is 8.54. The summed E-state index contributed by atoms with van der Waals surface area (Å²) < 4.78 is 0. The zero-order valence-corrected chi connectivity index (χ0v) is 14.3. The van der Waals surface area contributed by atoms with Gasteiger partial charge in [0, 0.05) is 25.6 Å². The lowest BCUT2D eigenvalue weighted by Crippen LogP contribution is -2.49. The van der Waals surface area contributed by atoms with Gasteiger partial charge >= 0.3 is 6.03 Å². The lowest BCUT2D eigenvalue weighted by Gasteiger charge is -2.47. The molecular formula is C18H31N3O2. The molecule has 2 rings (SSSR count). The van der Waals surface area contributed by atoms with E-state index in [0.29, 0.717) is 24.9 Å². The van der Waals surface area contributed by atoms with Crippen molar-refractivity contribution >= 4 is 6.03 Å². The van der Waals surface area contributed by atoms with E-state index in [1.807, 2.05) is 0 Å². The van der Waals surface area contributed by atoms with Gasteiger partial charge in [0.05, 0.1) is 6.07 Å². The van der Waals surface area contributed by atoms with Crippen LogP contribution >= 0.6 is 0 Å². The largest absolute Gasteiger partial charge is 0.396 e. The van der Waals surface area contributed by atoms with E-state index in [1.165, 1.54) is 6.42 Å². The van der Waals surface area contributed by atoms with E-state index < -0.39 is 0 Å². The number of amides is 2. The minimum Gasteiger partial charge on any atom is -0.396 e. The van der Waals surface area contributed by atoms with E-state index >= 15 is 0 Å². The Kier molecular flexibility index (Phi) is 6.71. The molecule has 0 aromatic rings. The molecule has 130 valence electrons. The van der Waals surface area contributed by atoms with Gasteiger partial charge in [-0.15, -0.1) is 0 Å². The molecule has 5 heteroatoms. The predicted octanol–water partition coefficient (Wildman–Crippen LogP) is 2.80. The highest BCUT2D eigenvalue weighted by Crippen LogP contribution is 2.47. The average Bonchev–Trinajstić information content (AvgIpc) is 2.52. The fourth-order valence-corrected chi connectivity index (χ4v) is 4.03. The number of nitriles is 1. The number of carbonyl (C=O) groups excluding carboxylic acids is 1. The summed E-state index contributed by atoms with van der Waals surface area (Å²) in [6.45, 7) is 3.83. The molecule has 0 spiro atoms. The van der Waals surface area contributed by atoms with Crippen molar-refractivity contribution in [3.8, 4) is 6.07 Å². The summed E-state index contributed by atoms with van der Waals surface area (Å²) in [4.78, 5) is 12.0. The number of aliphatic hydroxyl groups excluding tert-OH is 1. The summed E-state index contributed by atoms with van der Waals surface area (Å²) in [6, 6.07) is 2.27. The van der Waals surface area contributed by atoms with Crippen LogP contribution in [0.3, 0.4) is 0 Å². The van der Waals surface area contributed by atoms with Crippen molar-refractivity contribution in [3.63, 3.8) is 0 Å². The number of carbonyl (C=O) groups is 1. The van der Waals surface area contributed by atoms with Crippen molar-refractivity contribution in [1.82, 2.24) is 10.6 Å². The maximum atomic E-state index is 12.0. The van der Waals surface area contributed by atoms with Crippen LogP contribution in [-0.2, 0) is 0 Å². The number of rotatable bonds is 7. The lowest BCUT2D eigenvalue weighted by atomic mass is 9.60. The van der Waals surface area contributed by atoms with Gasteiger partial charge in [-0.1, -0.05) is 13.3 Å². The predicted molar refractivity (Wildman–Crippen MR) is 89.6 cm³/mol. The molecule has 1 atom stereocenters. The highest BCUT2D eigenvalue weighted by Gasteiger charge is 2.41. The number of nitrogens with zero attached hydrogens (tertiary/aromatic N) is 1. The van der Waals surface area contributed by atoms with E-state index in [2.05, 4.69) is 23.6 Å². The van der Waals surface area contributed by atoms with Crippen molar-refractivity contribution in [2.45, 2.75) is 58.3 Å². The number of aliphatic hydroxyl groups is 1. The molecule has 0 saturated heterocycles. The van der Waals surface area contributed by atoms with Crippen LogP contribution in [0.4, 0.5) is 4.79 Å². The molecule has 2 aliphatic carbocycles. The smallest absolute Gasteiger partial charge is 0.314 e. The maximum absolute atomic E-state index is 12.0. The first-order valence-electron chi connectivity index (χ1n) is 9.12. The number of nitrogens with one attached hydrogen (secondary N) is 2. The first-order valence-corrected chi connectivity index (χ1v) is 9.12. The highest BCUT2D eigenvalue weighted by molar-refractivity contribution is 5.73. The Balaban J connectivity index is 1.66. The van der Waals surface area contributed by atoms with Crippen LogP contribution in [0.2, 0.25) is 0 Å². The van der Waals surface area contributed by atoms with Crippen LogP contribution in [0.5, 0.6) is 0 Å². The Labute approximate surface area is 139 Å². The van der Waals surface area contributed by atoms with Crippen LogP contribution in [0.25, 0.3) is 0 Å². The number of hydrogen-bond donors (Lipinski definition) is 3. The van der Waals surface area contributed by atoms with E-state index in [-0.39, 0.29) is 24.0 Å². The van der Waals surface area contributed by atoms with Crippen LogP contribution in [0, 0.1) is 34.5 Å². The van der Waals surface area contributed by atoms with Crippen LogP contribution in [-0.4, -0.2) is 30.8 Å². The molecule has 0 radical (unpaired) electrons. The molecular weight excluding hydrogens is 290 g/mol. The van der Waals surface area contributed by atoms with Crippen molar-refractivity contribution in [3.05, 3.63) is 0 Å². The molecule has 0 heterocycles. The van der Waals surface area contributed by atoms with Gasteiger partial charge in [-0.3, -0.25) is 0 Å². The van der Waals surface area contributed by atoms with Gasteiger partial charge in [0.1, 0.15) is 0 Å². The van der Waals surface area contributed by atoms with Crippen molar-refractivity contribution in [2.75, 3.05) is 19.7 Å². The molecule has 2 fully saturated rings. The molecule has 3 N–H and O–H groups in total. The van der Waals surface area contributed by atoms with E-state index in [1.54, 1.807) is 0 Å². The molecule has 2 saturated carbocycles. The van der Waals surface area contributed by atoms with Gasteiger partial charge in [0.15, 0.2) is 0 Å². The van der Waals surface area contributed by atoms with Gasteiger partial charge < -0.3 is 15.7 Å². The van der Waals surface area contributed by atoms with Crippen LogP contribution in [0.1, 0.15) is 58.3 Å². The van der Waals surface area contributed by atoms with E-state index in [9.17, 15) is 4.79 Å². The zero-order valence-electron chi connectivity index (χ0n) is 14.3. The fourth-order valence-electron chi connectivity index (χ4n) is 4.03. The second-order valence-corrected chi connectivity index (χ2v) is 7.54. The van der Waals surface area contributed by atoms with Crippen molar-refractivity contribution in [1.29, 1.82) is 5.26 Å². The summed E-state index contributed by atoms with van der Waals surface area (Å²) in [5.74, 6) is 1.17. The Morgan fingerprint density at radius 1 is 1.30 bits per heavy atom. The SMILES string of the molecule is C[C@H](CCO)C1(CNC(=O)NCC2CCC(C#N)CC2)CCC1. The molecule has 0 bridgehead atoms. The summed E-state index contributed by atoms with van der Waals surface area (Å²) >= 11 is 0. The third kappa shape index (κ3) is 4.84. The lowest BCUT2D eigenvalue weighted by molar-refractivity contribution is 0.0456. The van der Waals surface area contributed by atoms with Gasteiger partial charge in [-0.05, 0) is 62.2 Å². The minimum atomic E-state index is -0.0742. The minimum absolute atomic E-state index is 0.0742. The van der Waals surface area contributed by atoms with E-state index in [0.717, 1.165) is 44.9 Å². The topological polar surface area (TPSA) is 85.2 Å². The monoisotopic (exact) mass is 321 g/mol. The second-order valence-electron chi connectivity index (χ2n) is 7.54. The maximum Gasteiger partial charge on any atom is 0.314 e. The summed E-state index contributed by atoms with van der Waals surface area (Å²) in [5.41, 5.74) is 0.185. The molecule has 0 aliphatic heterocycles. The quantitative estimate of drug-likeness (QED) is 0.674. The third-order valence-corrected chi connectivity index (χ3v) is 6.14. The zero-order chi connectivity index (χ0) is 16.7. The summed E-state index contributed by atoms with van der Waals surface area (Å²) in [5, 5.41) is 24.1.